The summed E-state index contributed by atoms with van der Waals surface area (Å²) in [5.41, 5.74) is 2.29. The lowest BCUT2D eigenvalue weighted by Gasteiger charge is -2.20. The molecule has 0 saturated carbocycles. The van der Waals surface area contributed by atoms with Crippen LogP contribution >= 0.6 is 11.6 Å². The quantitative estimate of drug-likeness (QED) is 0.797. The van der Waals surface area contributed by atoms with Gasteiger partial charge >= 0.3 is 0 Å². The minimum Gasteiger partial charge on any atom is -0.332 e. The van der Waals surface area contributed by atoms with Crippen LogP contribution in [-0.4, -0.2) is 9.55 Å². The second-order valence-electron chi connectivity index (χ2n) is 5.07. The molecule has 0 amide bonds. The third-order valence-electron chi connectivity index (χ3n) is 3.69. The Balaban J connectivity index is 1.88. The number of nitrogens with zero attached hydrogens (tertiary/aromatic N) is 2. The molecule has 3 rings (SSSR count). The topological polar surface area (TPSA) is 17.8 Å². The first-order valence-corrected chi connectivity index (χ1v) is 6.92. The summed E-state index contributed by atoms with van der Waals surface area (Å²) in [7, 11) is 0. The maximum Gasteiger partial charge on any atom is 0.109 e. The van der Waals surface area contributed by atoms with Crippen LogP contribution < -0.4 is 0 Å². The van der Waals surface area contributed by atoms with Crippen molar-refractivity contribution >= 4 is 11.6 Å². The molecule has 1 aromatic heterocycles. The minimum absolute atomic E-state index is 0.584. The molecule has 1 atom stereocenters. The maximum atomic E-state index is 6.19. The summed E-state index contributed by atoms with van der Waals surface area (Å²) in [6.07, 6.45) is 6.64. The highest BCUT2D eigenvalue weighted by molar-refractivity contribution is 6.31. The van der Waals surface area contributed by atoms with Crippen molar-refractivity contribution in [2.24, 2.45) is 0 Å². The van der Waals surface area contributed by atoms with E-state index in [1.807, 2.05) is 18.2 Å². The van der Waals surface area contributed by atoms with E-state index in [9.17, 15) is 0 Å². The highest BCUT2D eigenvalue weighted by Gasteiger charge is 2.18. The van der Waals surface area contributed by atoms with E-state index in [4.69, 9.17) is 16.6 Å². The summed E-state index contributed by atoms with van der Waals surface area (Å²) in [5, 5.41) is 0.830. The molecule has 0 saturated heterocycles. The van der Waals surface area contributed by atoms with Gasteiger partial charge in [-0.3, -0.25) is 0 Å². The average molecular weight is 261 g/mol. The van der Waals surface area contributed by atoms with E-state index in [1.165, 1.54) is 18.7 Å². The van der Waals surface area contributed by atoms with Crippen molar-refractivity contribution in [1.82, 2.24) is 9.55 Å². The highest BCUT2D eigenvalue weighted by Crippen LogP contribution is 2.26. The van der Waals surface area contributed by atoms with Crippen molar-refractivity contribution in [3.8, 4) is 0 Å². The Bertz CT molecular complexity index is 559. The van der Waals surface area contributed by atoms with Crippen molar-refractivity contribution < 1.29 is 0 Å². The van der Waals surface area contributed by atoms with Crippen LogP contribution in [-0.2, 0) is 12.8 Å². The van der Waals surface area contributed by atoms with Crippen LogP contribution in [0.3, 0.4) is 0 Å². The van der Waals surface area contributed by atoms with Gasteiger partial charge < -0.3 is 4.57 Å². The smallest absolute Gasteiger partial charge is 0.109 e. The van der Waals surface area contributed by atoms with Gasteiger partial charge in [-0.25, -0.2) is 4.98 Å². The van der Waals surface area contributed by atoms with Crippen LogP contribution in [0, 0.1) is 0 Å². The zero-order valence-corrected chi connectivity index (χ0v) is 11.3. The minimum atomic E-state index is 0.584. The Kier molecular flexibility index (Phi) is 3.13. The predicted molar refractivity (Wildman–Crippen MR) is 74.1 cm³/mol. The number of imidazole rings is 1. The molecule has 1 unspecified atom stereocenters. The fourth-order valence-electron chi connectivity index (χ4n) is 2.67. The molecule has 2 aromatic rings. The van der Waals surface area contributed by atoms with Crippen molar-refractivity contribution in [2.75, 3.05) is 0 Å². The summed E-state index contributed by atoms with van der Waals surface area (Å²) < 4.78 is 2.33. The summed E-state index contributed by atoms with van der Waals surface area (Å²) in [5.74, 6) is 1.23. The van der Waals surface area contributed by atoms with Crippen molar-refractivity contribution in [2.45, 2.75) is 38.6 Å². The fraction of sp³-hybridized carbons (Fsp3) is 0.400. The standard InChI is InChI=1S/C15H17ClN2/c1-11-5-4-8-15-17-13(10-18(11)15)9-12-6-2-3-7-14(12)16/h2-3,6-7,10-11H,4-5,8-9H2,1H3. The summed E-state index contributed by atoms with van der Waals surface area (Å²) in [6, 6.07) is 8.59. The van der Waals surface area contributed by atoms with Gasteiger partial charge in [0.25, 0.3) is 0 Å². The van der Waals surface area contributed by atoms with Crippen LogP contribution in [0.1, 0.15) is 42.9 Å². The van der Waals surface area contributed by atoms with Gasteiger partial charge in [0.15, 0.2) is 0 Å². The molecular weight excluding hydrogens is 244 g/mol. The molecule has 18 heavy (non-hydrogen) atoms. The molecule has 94 valence electrons. The lowest BCUT2D eigenvalue weighted by molar-refractivity contribution is 0.425. The van der Waals surface area contributed by atoms with Gasteiger partial charge in [0.2, 0.25) is 0 Å². The second kappa shape index (κ2) is 4.77. The van der Waals surface area contributed by atoms with Crippen LogP contribution in [0.4, 0.5) is 0 Å². The van der Waals surface area contributed by atoms with Gasteiger partial charge in [-0.2, -0.15) is 0 Å². The second-order valence-corrected chi connectivity index (χ2v) is 5.47. The molecule has 2 nitrogen and oxygen atoms in total. The molecule has 3 heteroatoms. The Morgan fingerprint density at radius 1 is 1.39 bits per heavy atom. The van der Waals surface area contributed by atoms with E-state index in [2.05, 4.69) is 23.8 Å². The predicted octanol–water partition coefficient (Wildman–Crippen LogP) is 4.02. The van der Waals surface area contributed by atoms with E-state index < -0.39 is 0 Å². The van der Waals surface area contributed by atoms with Crippen molar-refractivity contribution in [1.29, 1.82) is 0 Å². The number of halogens is 1. The lowest BCUT2D eigenvalue weighted by Crippen LogP contribution is -2.14. The average Bonchev–Trinajstić information content (AvgIpc) is 2.76. The van der Waals surface area contributed by atoms with E-state index >= 15 is 0 Å². The molecular formula is C15H17ClN2. The number of hydrogen-bond donors (Lipinski definition) is 0. The molecule has 0 fully saturated rings. The zero-order chi connectivity index (χ0) is 12.5. The molecule has 0 radical (unpaired) electrons. The Morgan fingerprint density at radius 3 is 3.00 bits per heavy atom. The first-order chi connectivity index (χ1) is 8.74. The van der Waals surface area contributed by atoms with Gasteiger partial charge in [-0.05, 0) is 31.4 Å². The van der Waals surface area contributed by atoms with E-state index in [0.29, 0.717) is 6.04 Å². The van der Waals surface area contributed by atoms with Gasteiger partial charge in [-0.1, -0.05) is 29.8 Å². The molecule has 2 heterocycles. The number of benzene rings is 1. The SMILES string of the molecule is CC1CCCc2nc(Cc3ccccc3Cl)cn21. The Labute approximate surface area is 113 Å². The third-order valence-corrected chi connectivity index (χ3v) is 4.05. The molecule has 0 aliphatic carbocycles. The van der Waals surface area contributed by atoms with Crippen LogP contribution in [0.25, 0.3) is 0 Å². The summed E-state index contributed by atoms with van der Waals surface area (Å²) in [4.78, 5) is 4.74. The molecule has 1 aromatic carbocycles. The molecule has 1 aliphatic heterocycles. The first kappa shape index (κ1) is 11.8. The van der Waals surface area contributed by atoms with Crippen LogP contribution in [0.15, 0.2) is 30.5 Å². The van der Waals surface area contributed by atoms with E-state index in [0.717, 1.165) is 29.1 Å². The fourth-order valence-corrected chi connectivity index (χ4v) is 2.87. The lowest BCUT2D eigenvalue weighted by atomic mass is 10.1. The monoisotopic (exact) mass is 260 g/mol. The summed E-state index contributed by atoms with van der Waals surface area (Å²) >= 11 is 6.19. The number of rotatable bonds is 2. The normalized spacial score (nSPS) is 18.7. The summed E-state index contributed by atoms with van der Waals surface area (Å²) in [6.45, 7) is 2.27. The van der Waals surface area contributed by atoms with Gasteiger partial charge in [0, 0.05) is 30.1 Å². The third kappa shape index (κ3) is 2.17. The highest BCUT2D eigenvalue weighted by atomic mass is 35.5. The Hall–Kier alpha value is -1.28. The van der Waals surface area contributed by atoms with Gasteiger partial charge in [-0.15, -0.1) is 0 Å². The van der Waals surface area contributed by atoms with Crippen molar-refractivity contribution in [3.63, 3.8) is 0 Å². The number of fused-ring (bicyclic) bond motifs is 1. The van der Waals surface area contributed by atoms with Crippen molar-refractivity contribution in [3.05, 3.63) is 52.6 Å². The number of aromatic nitrogens is 2. The Morgan fingerprint density at radius 2 is 2.22 bits per heavy atom. The van der Waals surface area contributed by atoms with Gasteiger partial charge in [0.1, 0.15) is 5.82 Å². The molecule has 1 aliphatic rings. The number of aryl methyl sites for hydroxylation is 1. The largest absolute Gasteiger partial charge is 0.332 e. The van der Waals surface area contributed by atoms with E-state index in [-0.39, 0.29) is 0 Å². The van der Waals surface area contributed by atoms with Gasteiger partial charge in [0.05, 0.1) is 5.69 Å². The van der Waals surface area contributed by atoms with Crippen LogP contribution in [0.2, 0.25) is 5.02 Å². The zero-order valence-electron chi connectivity index (χ0n) is 10.6. The number of hydrogen-bond acceptors (Lipinski definition) is 1. The molecule has 0 spiro atoms. The maximum absolute atomic E-state index is 6.19. The molecule has 0 bridgehead atoms. The first-order valence-electron chi connectivity index (χ1n) is 6.54. The van der Waals surface area contributed by atoms with E-state index in [1.54, 1.807) is 0 Å². The molecule has 0 N–H and O–H groups in total. The van der Waals surface area contributed by atoms with Crippen LogP contribution in [0.5, 0.6) is 0 Å².